The van der Waals surface area contributed by atoms with E-state index in [-0.39, 0.29) is 30.2 Å². The van der Waals surface area contributed by atoms with Crippen molar-refractivity contribution >= 4 is 17.8 Å². The zero-order chi connectivity index (χ0) is 24.9. The molecular formula is C28H43NO5. The topological polar surface area (TPSA) is 92.7 Å². The van der Waals surface area contributed by atoms with E-state index < -0.39 is 11.9 Å². The second-order valence-corrected chi connectivity index (χ2v) is 8.67. The van der Waals surface area contributed by atoms with Gasteiger partial charge in [-0.05, 0) is 44.2 Å². The van der Waals surface area contributed by atoms with Gasteiger partial charge in [-0.15, -0.1) is 0 Å². The van der Waals surface area contributed by atoms with E-state index in [9.17, 15) is 14.4 Å². The van der Waals surface area contributed by atoms with E-state index in [4.69, 9.17) is 9.84 Å². The van der Waals surface area contributed by atoms with Crippen LogP contribution >= 0.6 is 0 Å². The van der Waals surface area contributed by atoms with Gasteiger partial charge in [0.2, 0.25) is 5.91 Å². The third kappa shape index (κ3) is 14.5. The fraction of sp³-hybridized carbons (Fsp3) is 0.607. The Hall–Kier alpha value is -2.63. The Balaban J connectivity index is 1.95. The van der Waals surface area contributed by atoms with Crippen LogP contribution in [0.1, 0.15) is 118 Å². The van der Waals surface area contributed by atoms with Gasteiger partial charge in [0.25, 0.3) is 0 Å². The molecule has 0 aromatic heterocycles. The van der Waals surface area contributed by atoms with Gasteiger partial charge in [-0.25, -0.2) is 9.59 Å². The molecule has 0 atom stereocenters. The van der Waals surface area contributed by atoms with Crippen LogP contribution < -0.4 is 5.32 Å². The smallest absolute Gasteiger partial charge is 0.339 e. The number of unbranched alkanes of at least 4 members (excludes halogenated alkanes) is 11. The molecule has 0 aliphatic rings. The first-order valence-electron chi connectivity index (χ1n) is 13.0. The predicted molar refractivity (Wildman–Crippen MR) is 136 cm³/mol. The van der Waals surface area contributed by atoms with Crippen LogP contribution in [0.15, 0.2) is 36.4 Å². The monoisotopic (exact) mass is 473 g/mol. The molecule has 0 heterocycles. The van der Waals surface area contributed by atoms with Crippen molar-refractivity contribution in [3.63, 3.8) is 0 Å². The third-order valence-corrected chi connectivity index (χ3v) is 5.70. The quantitative estimate of drug-likeness (QED) is 0.125. The van der Waals surface area contributed by atoms with Gasteiger partial charge in [-0.1, -0.05) is 82.6 Å². The lowest BCUT2D eigenvalue weighted by atomic mass is 10.1. The first-order valence-corrected chi connectivity index (χ1v) is 13.0. The zero-order valence-electron chi connectivity index (χ0n) is 20.9. The minimum absolute atomic E-state index is 0.00486. The van der Waals surface area contributed by atoms with Crippen molar-refractivity contribution in [2.24, 2.45) is 0 Å². The van der Waals surface area contributed by atoms with Crippen LogP contribution in [-0.4, -0.2) is 36.1 Å². The van der Waals surface area contributed by atoms with Crippen LogP contribution in [0.4, 0.5) is 0 Å². The molecule has 0 unspecified atom stereocenters. The molecule has 0 saturated heterocycles. The number of rotatable bonds is 20. The minimum atomic E-state index is -1.18. The Labute approximate surface area is 205 Å². The largest absolute Gasteiger partial charge is 0.478 e. The van der Waals surface area contributed by atoms with E-state index >= 15 is 0 Å². The third-order valence-electron chi connectivity index (χ3n) is 5.70. The van der Waals surface area contributed by atoms with Crippen LogP contribution in [0, 0.1) is 0 Å². The number of carboxylic acids is 1. The number of nitrogens with one attached hydrogen (secondary N) is 1. The summed E-state index contributed by atoms with van der Waals surface area (Å²) in [5.74, 6) is -1.94. The summed E-state index contributed by atoms with van der Waals surface area (Å²) in [5, 5.41) is 11.9. The molecule has 0 fully saturated rings. The Morgan fingerprint density at radius 2 is 1.38 bits per heavy atom. The molecule has 1 aromatic carbocycles. The molecule has 6 nitrogen and oxygen atoms in total. The van der Waals surface area contributed by atoms with Crippen molar-refractivity contribution in [1.29, 1.82) is 0 Å². The molecule has 1 aromatic rings. The highest BCUT2D eigenvalue weighted by Gasteiger charge is 2.16. The van der Waals surface area contributed by atoms with Gasteiger partial charge in [0.05, 0.1) is 17.7 Å². The van der Waals surface area contributed by atoms with E-state index in [2.05, 4.69) is 24.4 Å². The molecule has 0 radical (unpaired) electrons. The molecule has 0 aliphatic carbocycles. The first kappa shape index (κ1) is 29.4. The van der Waals surface area contributed by atoms with E-state index in [0.717, 1.165) is 25.7 Å². The van der Waals surface area contributed by atoms with Crippen molar-refractivity contribution in [3.05, 3.63) is 47.5 Å². The highest BCUT2D eigenvalue weighted by molar-refractivity contribution is 6.02. The lowest BCUT2D eigenvalue weighted by molar-refractivity contribution is -0.121. The molecule has 6 heteroatoms. The molecular weight excluding hydrogens is 430 g/mol. The van der Waals surface area contributed by atoms with Crippen molar-refractivity contribution < 1.29 is 24.2 Å². The zero-order valence-corrected chi connectivity index (χ0v) is 20.9. The maximum atomic E-state index is 12.0. The molecule has 2 N–H and O–H groups in total. The lowest BCUT2D eigenvalue weighted by Crippen LogP contribution is -2.28. The number of amides is 1. The molecule has 0 aliphatic heterocycles. The summed E-state index contributed by atoms with van der Waals surface area (Å²) in [5.41, 5.74) is -0.0876. The number of benzene rings is 1. The lowest BCUT2D eigenvalue weighted by Gasteiger charge is -2.08. The number of esters is 1. The molecule has 0 bridgehead atoms. The first-order chi connectivity index (χ1) is 16.6. The van der Waals surface area contributed by atoms with E-state index in [1.54, 1.807) is 12.1 Å². The number of hydrogen-bond donors (Lipinski definition) is 2. The summed E-state index contributed by atoms with van der Waals surface area (Å²) < 4.78 is 5.08. The molecule has 0 spiro atoms. The fourth-order valence-corrected chi connectivity index (χ4v) is 3.70. The van der Waals surface area contributed by atoms with E-state index in [0.29, 0.717) is 6.42 Å². The van der Waals surface area contributed by atoms with Gasteiger partial charge in [-0.2, -0.15) is 0 Å². The van der Waals surface area contributed by atoms with E-state index in [1.807, 2.05) is 0 Å². The minimum Gasteiger partial charge on any atom is -0.478 e. The van der Waals surface area contributed by atoms with Gasteiger partial charge in [0, 0.05) is 6.42 Å². The number of carbonyl (C=O) groups is 3. The predicted octanol–water partition coefficient (Wildman–Crippen LogP) is 6.70. The highest BCUT2D eigenvalue weighted by atomic mass is 16.5. The van der Waals surface area contributed by atoms with Gasteiger partial charge < -0.3 is 15.2 Å². The summed E-state index contributed by atoms with van der Waals surface area (Å²) >= 11 is 0. The van der Waals surface area contributed by atoms with Crippen molar-refractivity contribution in [2.45, 2.75) is 96.8 Å². The van der Waals surface area contributed by atoms with Crippen LogP contribution in [0.25, 0.3) is 0 Å². The number of ether oxygens (including phenoxy) is 1. The average molecular weight is 474 g/mol. The summed E-state index contributed by atoms with van der Waals surface area (Å²) in [6.45, 7) is 2.47. The summed E-state index contributed by atoms with van der Waals surface area (Å²) in [6, 6.07) is 5.90. The Kier molecular flexibility index (Phi) is 17.1. The fourth-order valence-electron chi connectivity index (χ4n) is 3.70. The maximum Gasteiger partial charge on any atom is 0.339 e. The molecule has 1 amide bonds. The van der Waals surface area contributed by atoms with Gasteiger partial charge in [-0.3, -0.25) is 4.79 Å². The van der Waals surface area contributed by atoms with Gasteiger partial charge in [0.1, 0.15) is 6.61 Å². The van der Waals surface area contributed by atoms with Crippen LogP contribution in [0.2, 0.25) is 0 Å². The highest BCUT2D eigenvalue weighted by Crippen LogP contribution is 2.11. The van der Waals surface area contributed by atoms with Crippen molar-refractivity contribution in [2.75, 3.05) is 13.2 Å². The van der Waals surface area contributed by atoms with Crippen LogP contribution in [-0.2, 0) is 9.53 Å². The number of allylic oxidation sites excluding steroid dienone is 2. The number of hydrogen-bond acceptors (Lipinski definition) is 4. The maximum absolute atomic E-state index is 12.0. The van der Waals surface area contributed by atoms with Crippen LogP contribution in [0.3, 0.4) is 0 Å². The Morgan fingerprint density at radius 3 is 2.00 bits per heavy atom. The Bertz CT molecular complexity index is 744. The van der Waals surface area contributed by atoms with Crippen molar-refractivity contribution in [3.8, 4) is 0 Å². The molecule has 190 valence electrons. The number of carbonyl (C=O) groups excluding carboxylic acids is 2. The second kappa shape index (κ2) is 19.8. The number of carboxylic acid groups (broad SMARTS) is 1. The summed E-state index contributed by atoms with van der Waals surface area (Å²) in [6.07, 6.45) is 21.0. The summed E-state index contributed by atoms with van der Waals surface area (Å²) in [7, 11) is 0. The number of aromatic carboxylic acids is 1. The molecule has 0 saturated carbocycles. The summed E-state index contributed by atoms with van der Waals surface area (Å²) in [4.78, 5) is 35.1. The SMILES string of the molecule is CCCCCCCC/C=C/CCCCCCCC(=O)NCCOC(=O)c1ccccc1C(=O)O. The standard InChI is InChI=1S/C28H43NO5/c1-2-3-4-5-6-7-8-9-10-11-12-13-14-15-16-21-26(30)29-22-23-34-28(33)25-20-18-17-19-24(25)27(31)32/h9-10,17-20H,2-8,11-16,21-23H2,1H3,(H,29,30)(H,31,32)/b10-9+. The Morgan fingerprint density at radius 1 is 0.824 bits per heavy atom. The van der Waals surface area contributed by atoms with E-state index in [1.165, 1.54) is 69.9 Å². The molecule has 34 heavy (non-hydrogen) atoms. The second-order valence-electron chi connectivity index (χ2n) is 8.67. The molecule has 1 rings (SSSR count). The van der Waals surface area contributed by atoms with Crippen LogP contribution in [0.5, 0.6) is 0 Å². The van der Waals surface area contributed by atoms with Gasteiger partial charge in [0.15, 0.2) is 0 Å². The normalized spacial score (nSPS) is 11.0. The van der Waals surface area contributed by atoms with Gasteiger partial charge >= 0.3 is 11.9 Å². The average Bonchev–Trinajstić information content (AvgIpc) is 2.84. The van der Waals surface area contributed by atoms with Crippen molar-refractivity contribution in [1.82, 2.24) is 5.32 Å².